The van der Waals surface area contributed by atoms with Crippen molar-refractivity contribution >= 4 is 0 Å². The Labute approximate surface area is 55.4 Å². The van der Waals surface area contributed by atoms with Crippen LogP contribution >= 0.6 is 0 Å². The summed E-state index contributed by atoms with van der Waals surface area (Å²) in [4.78, 5) is 0. The predicted molar refractivity (Wildman–Crippen MR) is 36.0 cm³/mol. The lowest BCUT2D eigenvalue weighted by Crippen LogP contribution is -2.18. The molecule has 9 heavy (non-hydrogen) atoms. The van der Waals surface area contributed by atoms with Gasteiger partial charge in [-0.05, 0) is 32.1 Å². The van der Waals surface area contributed by atoms with E-state index in [1.54, 1.807) is 0 Å². The van der Waals surface area contributed by atoms with Crippen molar-refractivity contribution in [1.29, 1.82) is 0 Å². The van der Waals surface area contributed by atoms with Gasteiger partial charge in [0.1, 0.15) is 6.17 Å². The van der Waals surface area contributed by atoms with Crippen molar-refractivity contribution in [2.24, 2.45) is 5.73 Å². The minimum absolute atomic E-state index is 0.269. The van der Waals surface area contributed by atoms with Gasteiger partial charge in [0.15, 0.2) is 0 Å². The van der Waals surface area contributed by atoms with Crippen LogP contribution in [0.25, 0.3) is 0 Å². The minimum atomic E-state index is -0.571. The highest BCUT2D eigenvalue weighted by molar-refractivity contribution is 4.70. The average molecular weight is 131 g/mol. The van der Waals surface area contributed by atoms with Gasteiger partial charge >= 0.3 is 0 Å². The van der Waals surface area contributed by atoms with Gasteiger partial charge in [-0.3, -0.25) is 0 Å². The van der Waals surface area contributed by atoms with Gasteiger partial charge in [-0.25, -0.2) is 4.39 Å². The summed E-state index contributed by atoms with van der Waals surface area (Å²) in [6.45, 7) is 0. The maximum Gasteiger partial charge on any atom is 0.100 e. The molecule has 0 heterocycles. The molecular weight excluding hydrogens is 117 g/mol. The zero-order chi connectivity index (χ0) is 6.69. The van der Waals surface area contributed by atoms with Crippen molar-refractivity contribution in [2.75, 3.05) is 0 Å². The van der Waals surface area contributed by atoms with Gasteiger partial charge < -0.3 is 5.73 Å². The Balaban J connectivity index is 2.25. The molecule has 2 heteroatoms. The molecule has 0 aromatic heterocycles. The molecule has 0 amide bonds. The third-order valence-corrected chi connectivity index (χ3v) is 1.94. The number of rotatable bonds is 0. The van der Waals surface area contributed by atoms with Crippen molar-refractivity contribution in [3.8, 4) is 0 Å². The number of hydrogen-bond donors (Lipinski definition) is 1. The summed E-state index contributed by atoms with van der Waals surface area (Å²) in [6, 6.07) is 0.269. The molecule has 0 aliphatic heterocycles. The van der Waals surface area contributed by atoms with Crippen LogP contribution in [-0.4, -0.2) is 12.2 Å². The molecule has 0 radical (unpaired) electrons. The minimum Gasteiger partial charge on any atom is -0.328 e. The summed E-state index contributed by atoms with van der Waals surface area (Å²) < 4.78 is 12.6. The Morgan fingerprint density at radius 3 is 2.67 bits per heavy atom. The van der Waals surface area contributed by atoms with E-state index in [0.717, 1.165) is 25.7 Å². The SMILES string of the molecule is N[C@@H]1CCC[C@H](F)CC1. The summed E-state index contributed by atoms with van der Waals surface area (Å²) >= 11 is 0. The smallest absolute Gasteiger partial charge is 0.100 e. The first-order valence-electron chi connectivity index (χ1n) is 3.68. The standard InChI is InChI=1S/C7H14FN/c8-6-2-1-3-7(9)5-4-6/h6-7H,1-5,9H2/t6-,7+/m0/s1. The first-order chi connectivity index (χ1) is 4.29. The van der Waals surface area contributed by atoms with Gasteiger partial charge in [0.2, 0.25) is 0 Å². The maximum atomic E-state index is 12.6. The Kier molecular flexibility index (Phi) is 2.46. The second-order valence-corrected chi connectivity index (χ2v) is 2.87. The predicted octanol–water partition coefficient (Wildman–Crippen LogP) is 1.62. The van der Waals surface area contributed by atoms with Crippen molar-refractivity contribution in [3.05, 3.63) is 0 Å². The quantitative estimate of drug-likeness (QED) is 0.497. The van der Waals surface area contributed by atoms with Gasteiger partial charge in [-0.15, -0.1) is 0 Å². The zero-order valence-electron chi connectivity index (χ0n) is 5.65. The normalized spacial score (nSPS) is 38.0. The fraction of sp³-hybridized carbons (Fsp3) is 1.00. The maximum absolute atomic E-state index is 12.6. The molecule has 54 valence electrons. The molecule has 1 aliphatic rings. The monoisotopic (exact) mass is 131 g/mol. The lowest BCUT2D eigenvalue weighted by molar-refractivity contribution is 0.299. The fourth-order valence-electron chi connectivity index (χ4n) is 1.29. The summed E-state index contributed by atoms with van der Waals surface area (Å²) in [6.07, 6.45) is 3.71. The van der Waals surface area contributed by atoms with Crippen LogP contribution < -0.4 is 5.73 Å². The molecule has 0 saturated heterocycles. The van der Waals surface area contributed by atoms with Crippen LogP contribution in [0.5, 0.6) is 0 Å². The molecule has 0 bridgehead atoms. The van der Waals surface area contributed by atoms with Gasteiger partial charge in [-0.1, -0.05) is 0 Å². The van der Waals surface area contributed by atoms with Crippen LogP contribution in [0.2, 0.25) is 0 Å². The lowest BCUT2D eigenvalue weighted by Gasteiger charge is -2.03. The van der Waals surface area contributed by atoms with E-state index in [9.17, 15) is 4.39 Å². The summed E-state index contributed by atoms with van der Waals surface area (Å²) in [5.41, 5.74) is 5.63. The summed E-state index contributed by atoms with van der Waals surface area (Å²) in [7, 11) is 0. The Hall–Kier alpha value is -0.110. The van der Waals surface area contributed by atoms with E-state index in [1.807, 2.05) is 0 Å². The van der Waals surface area contributed by atoms with E-state index < -0.39 is 6.17 Å². The Morgan fingerprint density at radius 2 is 1.89 bits per heavy atom. The largest absolute Gasteiger partial charge is 0.328 e. The molecule has 0 aromatic carbocycles. The average Bonchev–Trinajstić information content (AvgIpc) is 1.97. The fourth-order valence-corrected chi connectivity index (χ4v) is 1.29. The van der Waals surface area contributed by atoms with Gasteiger partial charge in [-0.2, -0.15) is 0 Å². The highest BCUT2D eigenvalue weighted by Crippen LogP contribution is 2.18. The third kappa shape index (κ3) is 2.31. The van der Waals surface area contributed by atoms with Gasteiger partial charge in [0, 0.05) is 6.04 Å². The molecule has 2 atom stereocenters. The molecular formula is C7H14FN. The van der Waals surface area contributed by atoms with Crippen LogP contribution in [0.4, 0.5) is 4.39 Å². The Bertz CT molecular complexity index is 75.0. The molecule has 0 spiro atoms. The summed E-state index contributed by atoms with van der Waals surface area (Å²) in [5, 5.41) is 0. The van der Waals surface area contributed by atoms with E-state index in [2.05, 4.69) is 0 Å². The summed E-state index contributed by atoms with van der Waals surface area (Å²) in [5.74, 6) is 0. The van der Waals surface area contributed by atoms with E-state index in [1.165, 1.54) is 0 Å². The van der Waals surface area contributed by atoms with Crippen LogP contribution in [0.3, 0.4) is 0 Å². The molecule has 0 aromatic rings. The number of nitrogens with two attached hydrogens (primary N) is 1. The molecule has 1 fully saturated rings. The van der Waals surface area contributed by atoms with Crippen LogP contribution in [-0.2, 0) is 0 Å². The van der Waals surface area contributed by atoms with Crippen LogP contribution in [0.1, 0.15) is 32.1 Å². The molecule has 1 nitrogen and oxygen atoms in total. The number of alkyl halides is 1. The van der Waals surface area contributed by atoms with E-state index >= 15 is 0 Å². The Morgan fingerprint density at radius 1 is 1.11 bits per heavy atom. The number of hydrogen-bond acceptors (Lipinski definition) is 1. The molecule has 2 N–H and O–H groups in total. The first kappa shape index (κ1) is 7.00. The second kappa shape index (κ2) is 3.16. The second-order valence-electron chi connectivity index (χ2n) is 2.87. The van der Waals surface area contributed by atoms with Crippen LogP contribution in [0, 0.1) is 0 Å². The topological polar surface area (TPSA) is 26.0 Å². The van der Waals surface area contributed by atoms with Crippen molar-refractivity contribution in [3.63, 3.8) is 0 Å². The molecule has 0 unspecified atom stereocenters. The van der Waals surface area contributed by atoms with Gasteiger partial charge in [0.05, 0.1) is 0 Å². The molecule has 1 saturated carbocycles. The third-order valence-electron chi connectivity index (χ3n) is 1.94. The lowest BCUT2D eigenvalue weighted by atomic mass is 10.1. The van der Waals surface area contributed by atoms with E-state index in [4.69, 9.17) is 5.73 Å². The van der Waals surface area contributed by atoms with Crippen molar-refractivity contribution < 1.29 is 4.39 Å². The molecule has 1 aliphatic carbocycles. The van der Waals surface area contributed by atoms with E-state index in [-0.39, 0.29) is 6.04 Å². The number of halogens is 1. The molecule has 1 rings (SSSR count). The van der Waals surface area contributed by atoms with Crippen molar-refractivity contribution in [2.45, 2.75) is 44.3 Å². The van der Waals surface area contributed by atoms with Crippen molar-refractivity contribution in [1.82, 2.24) is 0 Å². The highest BCUT2D eigenvalue weighted by atomic mass is 19.1. The zero-order valence-corrected chi connectivity index (χ0v) is 5.65. The van der Waals surface area contributed by atoms with Crippen LogP contribution in [0.15, 0.2) is 0 Å². The highest BCUT2D eigenvalue weighted by Gasteiger charge is 2.14. The van der Waals surface area contributed by atoms with E-state index in [0.29, 0.717) is 6.42 Å². The van der Waals surface area contributed by atoms with Gasteiger partial charge in [0.25, 0.3) is 0 Å². The first-order valence-corrected chi connectivity index (χ1v) is 3.68.